The van der Waals surface area contributed by atoms with Crippen LogP contribution in [-0.2, 0) is 11.3 Å². The third kappa shape index (κ3) is 3.18. The van der Waals surface area contributed by atoms with E-state index in [0.29, 0.717) is 30.9 Å². The number of nitrogens with two attached hydrogens (primary N) is 1. The fraction of sp³-hybridized carbons (Fsp3) is 0.556. The molecule has 2 aliphatic heterocycles. The number of ether oxygens (including phenoxy) is 1. The normalized spacial score (nSPS) is 21.0. The zero-order valence-corrected chi connectivity index (χ0v) is 14.5. The van der Waals surface area contributed by atoms with Gasteiger partial charge in [-0.1, -0.05) is 12.1 Å². The smallest absolute Gasteiger partial charge is 0.410 e. The van der Waals surface area contributed by atoms with Crippen LogP contribution in [0.1, 0.15) is 49.5 Å². The largest absolute Gasteiger partial charge is 0.444 e. The molecule has 0 saturated carbocycles. The Kier molecular flexibility index (Phi) is 4.15. The lowest BCUT2D eigenvalue weighted by Gasteiger charge is -2.38. The average Bonchev–Trinajstić information content (AvgIpc) is 2.84. The molecule has 1 atom stereocenters. The summed E-state index contributed by atoms with van der Waals surface area (Å²) in [4.78, 5) is 28.6. The van der Waals surface area contributed by atoms with Gasteiger partial charge in [0.1, 0.15) is 5.60 Å². The number of amides is 2. The zero-order chi connectivity index (χ0) is 17.5. The summed E-state index contributed by atoms with van der Waals surface area (Å²) in [5.41, 5.74) is 7.56. The van der Waals surface area contributed by atoms with E-state index in [-0.39, 0.29) is 18.0 Å². The molecule has 24 heavy (non-hydrogen) atoms. The molecule has 130 valence electrons. The highest BCUT2D eigenvalue weighted by atomic mass is 16.6. The third-order valence-corrected chi connectivity index (χ3v) is 4.49. The van der Waals surface area contributed by atoms with Crippen LogP contribution in [0.5, 0.6) is 0 Å². The first-order chi connectivity index (χ1) is 11.3. The summed E-state index contributed by atoms with van der Waals surface area (Å²) in [6.07, 6.45) is 1.44. The topological polar surface area (TPSA) is 75.9 Å². The lowest BCUT2D eigenvalue weighted by atomic mass is 10.0. The van der Waals surface area contributed by atoms with Gasteiger partial charge in [-0.15, -0.1) is 0 Å². The Hall–Kier alpha value is -2.24. The van der Waals surface area contributed by atoms with E-state index < -0.39 is 5.60 Å². The number of fused-ring (bicyclic) bond motifs is 1. The molecule has 2 N–H and O–H groups in total. The van der Waals surface area contributed by atoms with Crippen molar-refractivity contribution in [3.05, 3.63) is 29.3 Å². The average molecular weight is 331 g/mol. The molecule has 2 aliphatic rings. The van der Waals surface area contributed by atoms with Crippen LogP contribution in [0.3, 0.4) is 0 Å². The minimum Gasteiger partial charge on any atom is -0.444 e. The fourth-order valence-electron chi connectivity index (χ4n) is 3.41. The van der Waals surface area contributed by atoms with Gasteiger partial charge in [0.15, 0.2) is 0 Å². The summed E-state index contributed by atoms with van der Waals surface area (Å²) in [7, 11) is 0. The molecule has 6 heteroatoms. The number of benzene rings is 1. The maximum atomic E-state index is 12.7. The minimum atomic E-state index is -0.516. The second kappa shape index (κ2) is 6.00. The molecule has 2 heterocycles. The summed E-state index contributed by atoms with van der Waals surface area (Å²) in [6.45, 7) is 7.31. The number of anilines is 1. The Morgan fingerprint density at radius 2 is 2.08 bits per heavy atom. The highest BCUT2D eigenvalue weighted by Gasteiger charge is 2.37. The molecular formula is C18H25N3O3. The van der Waals surface area contributed by atoms with Crippen LogP contribution in [0.15, 0.2) is 18.2 Å². The van der Waals surface area contributed by atoms with Gasteiger partial charge in [-0.3, -0.25) is 4.79 Å². The van der Waals surface area contributed by atoms with Gasteiger partial charge in [0, 0.05) is 25.3 Å². The molecule has 0 bridgehead atoms. The molecule has 0 aliphatic carbocycles. The predicted molar refractivity (Wildman–Crippen MR) is 91.6 cm³/mol. The van der Waals surface area contributed by atoms with Gasteiger partial charge in [0.2, 0.25) is 0 Å². The molecule has 1 saturated heterocycles. The molecule has 1 unspecified atom stereocenters. The van der Waals surface area contributed by atoms with E-state index in [1.165, 1.54) is 0 Å². The van der Waals surface area contributed by atoms with Crippen molar-refractivity contribution >= 4 is 17.7 Å². The summed E-state index contributed by atoms with van der Waals surface area (Å²) in [6, 6.07) is 5.58. The highest BCUT2D eigenvalue weighted by Crippen LogP contribution is 2.31. The van der Waals surface area contributed by atoms with Gasteiger partial charge in [-0.05, 0) is 45.2 Å². The third-order valence-electron chi connectivity index (χ3n) is 4.49. The van der Waals surface area contributed by atoms with E-state index in [0.717, 1.165) is 18.4 Å². The van der Waals surface area contributed by atoms with E-state index >= 15 is 0 Å². The first-order valence-corrected chi connectivity index (χ1v) is 8.42. The number of rotatable bonds is 1. The molecule has 1 aromatic carbocycles. The zero-order valence-electron chi connectivity index (χ0n) is 14.5. The second-order valence-corrected chi connectivity index (χ2v) is 7.54. The maximum Gasteiger partial charge on any atom is 0.410 e. The fourth-order valence-corrected chi connectivity index (χ4v) is 3.41. The Balaban J connectivity index is 1.71. The number of nitrogen functional groups attached to an aromatic ring is 1. The standard InChI is InChI=1S/C18H25N3O3/c1-18(2,3)24-17(23)20-9-5-7-13(11-20)21-10-12-6-4-8-14(19)15(12)16(21)22/h4,6,8,13H,5,7,9-11,19H2,1-3H3. The van der Waals surface area contributed by atoms with Gasteiger partial charge in [-0.25, -0.2) is 4.79 Å². The van der Waals surface area contributed by atoms with Gasteiger partial charge in [-0.2, -0.15) is 0 Å². The number of hydrogen-bond donors (Lipinski definition) is 1. The van der Waals surface area contributed by atoms with Crippen molar-refractivity contribution in [2.75, 3.05) is 18.8 Å². The van der Waals surface area contributed by atoms with E-state index in [9.17, 15) is 9.59 Å². The Bertz CT molecular complexity index is 666. The SMILES string of the molecule is CC(C)(C)OC(=O)N1CCCC(N2Cc3cccc(N)c3C2=O)C1. The lowest BCUT2D eigenvalue weighted by Crippen LogP contribution is -2.50. The molecule has 3 rings (SSSR count). The van der Waals surface area contributed by atoms with Gasteiger partial charge in [0.25, 0.3) is 5.91 Å². The monoisotopic (exact) mass is 331 g/mol. The molecular weight excluding hydrogens is 306 g/mol. The molecule has 0 radical (unpaired) electrons. The molecule has 0 spiro atoms. The minimum absolute atomic E-state index is 0.00516. The summed E-state index contributed by atoms with van der Waals surface area (Å²) in [5, 5.41) is 0. The summed E-state index contributed by atoms with van der Waals surface area (Å²) < 4.78 is 5.46. The summed E-state index contributed by atoms with van der Waals surface area (Å²) in [5.74, 6) is -0.0286. The van der Waals surface area contributed by atoms with Crippen LogP contribution >= 0.6 is 0 Å². The quantitative estimate of drug-likeness (QED) is 0.803. The summed E-state index contributed by atoms with van der Waals surface area (Å²) >= 11 is 0. The van der Waals surface area contributed by atoms with Crippen LogP contribution in [0.4, 0.5) is 10.5 Å². The number of piperidine rings is 1. The Morgan fingerprint density at radius 3 is 2.75 bits per heavy atom. The molecule has 1 aromatic rings. The second-order valence-electron chi connectivity index (χ2n) is 7.54. The van der Waals surface area contributed by atoms with E-state index in [1.807, 2.05) is 37.8 Å². The van der Waals surface area contributed by atoms with Crippen LogP contribution in [0, 0.1) is 0 Å². The lowest BCUT2D eigenvalue weighted by molar-refractivity contribution is 0.0106. The molecule has 6 nitrogen and oxygen atoms in total. The highest BCUT2D eigenvalue weighted by molar-refractivity contribution is 6.03. The Labute approximate surface area is 142 Å². The number of carbonyl (C=O) groups is 2. The molecule has 0 aromatic heterocycles. The maximum absolute atomic E-state index is 12.7. The number of carbonyl (C=O) groups excluding carboxylic acids is 2. The van der Waals surface area contributed by atoms with Crippen LogP contribution < -0.4 is 5.73 Å². The van der Waals surface area contributed by atoms with Crippen molar-refractivity contribution < 1.29 is 14.3 Å². The van der Waals surface area contributed by atoms with Gasteiger partial charge < -0.3 is 20.3 Å². The number of nitrogens with zero attached hydrogens (tertiary/aromatic N) is 2. The van der Waals surface area contributed by atoms with E-state index in [4.69, 9.17) is 10.5 Å². The van der Waals surface area contributed by atoms with Crippen molar-refractivity contribution in [1.82, 2.24) is 9.80 Å². The first kappa shape index (κ1) is 16.6. The van der Waals surface area contributed by atoms with Crippen LogP contribution in [0.2, 0.25) is 0 Å². The Morgan fingerprint density at radius 1 is 1.33 bits per heavy atom. The van der Waals surface area contributed by atoms with E-state index in [2.05, 4.69) is 0 Å². The van der Waals surface area contributed by atoms with Crippen molar-refractivity contribution in [2.24, 2.45) is 0 Å². The molecule has 1 fully saturated rings. The van der Waals surface area contributed by atoms with Crippen LogP contribution in [-0.4, -0.2) is 46.5 Å². The number of hydrogen-bond acceptors (Lipinski definition) is 4. The van der Waals surface area contributed by atoms with Crippen molar-refractivity contribution in [1.29, 1.82) is 0 Å². The van der Waals surface area contributed by atoms with Gasteiger partial charge in [0.05, 0.1) is 11.6 Å². The van der Waals surface area contributed by atoms with E-state index in [1.54, 1.807) is 11.0 Å². The predicted octanol–water partition coefficient (Wildman–Crippen LogP) is 2.62. The van der Waals surface area contributed by atoms with Crippen molar-refractivity contribution in [2.45, 2.75) is 51.8 Å². The van der Waals surface area contributed by atoms with Gasteiger partial charge >= 0.3 is 6.09 Å². The van der Waals surface area contributed by atoms with Crippen molar-refractivity contribution in [3.63, 3.8) is 0 Å². The molecule has 2 amide bonds. The number of likely N-dealkylation sites (tertiary alicyclic amines) is 1. The van der Waals surface area contributed by atoms with Crippen LogP contribution in [0.25, 0.3) is 0 Å². The first-order valence-electron chi connectivity index (χ1n) is 8.42. The van der Waals surface area contributed by atoms with Crippen molar-refractivity contribution in [3.8, 4) is 0 Å².